The predicted molar refractivity (Wildman–Crippen MR) is 90.1 cm³/mol. The van der Waals surface area contributed by atoms with E-state index >= 15 is 0 Å². The number of hydrogen-bond acceptors (Lipinski definition) is 5. The van der Waals surface area contributed by atoms with Crippen LogP contribution in [0.2, 0.25) is 0 Å². The molecule has 7 heteroatoms. The molecule has 0 bridgehead atoms. The molecule has 0 spiro atoms. The molecule has 0 aromatic carbocycles. The number of nitrogens with zero attached hydrogens (tertiary/aromatic N) is 3. The van der Waals surface area contributed by atoms with Gasteiger partial charge in [-0.2, -0.15) is 5.10 Å². The minimum absolute atomic E-state index is 0.137. The molecule has 1 aliphatic carbocycles. The number of carbonyl (C=O) groups excluding carboxylic acids is 1. The summed E-state index contributed by atoms with van der Waals surface area (Å²) < 4.78 is 6.91. The van der Waals surface area contributed by atoms with Gasteiger partial charge in [0.15, 0.2) is 5.75 Å². The number of aromatic nitrogens is 2. The standard InChI is InChI=1S/C17H27N3O4/c1-19(24-3)17(22)15-16(21)14(23-2)12-20(18-15)13-10-8-6-4-5-7-9-11-13/h12-13H,4-11H2,1-3H3. The van der Waals surface area contributed by atoms with Gasteiger partial charge in [-0.3, -0.25) is 19.1 Å². The average Bonchev–Trinajstić information content (AvgIpc) is 2.74. The van der Waals surface area contributed by atoms with Crippen LogP contribution in [-0.2, 0) is 4.84 Å². The Kier molecular flexibility index (Phi) is 6.78. The van der Waals surface area contributed by atoms with Crippen molar-refractivity contribution in [2.24, 2.45) is 0 Å². The van der Waals surface area contributed by atoms with Crippen LogP contribution in [-0.4, -0.2) is 42.0 Å². The zero-order valence-electron chi connectivity index (χ0n) is 14.8. The van der Waals surface area contributed by atoms with Gasteiger partial charge >= 0.3 is 5.91 Å². The van der Waals surface area contributed by atoms with E-state index in [1.165, 1.54) is 47.0 Å². The zero-order valence-corrected chi connectivity index (χ0v) is 14.8. The second-order valence-electron chi connectivity index (χ2n) is 6.19. The van der Waals surface area contributed by atoms with Gasteiger partial charge in [0, 0.05) is 7.05 Å². The first-order valence-electron chi connectivity index (χ1n) is 8.58. The molecule has 0 saturated heterocycles. The van der Waals surface area contributed by atoms with Gasteiger partial charge in [0.05, 0.1) is 26.5 Å². The second-order valence-corrected chi connectivity index (χ2v) is 6.19. The van der Waals surface area contributed by atoms with Crippen LogP contribution < -0.4 is 10.2 Å². The third kappa shape index (κ3) is 4.35. The fourth-order valence-electron chi connectivity index (χ4n) is 3.07. The highest BCUT2D eigenvalue weighted by Gasteiger charge is 2.23. The number of ether oxygens (including phenoxy) is 1. The first-order chi connectivity index (χ1) is 11.6. The molecule has 1 aromatic heterocycles. The van der Waals surface area contributed by atoms with E-state index in [1.807, 2.05) is 0 Å². The van der Waals surface area contributed by atoms with Crippen molar-refractivity contribution in [3.8, 4) is 5.75 Å². The van der Waals surface area contributed by atoms with Crippen molar-refractivity contribution in [3.05, 3.63) is 22.1 Å². The maximum absolute atomic E-state index is 12.4. The smallest absolute Gasteiger partial charge is 0.301 e. The van der Waals surface area contributed by atoms with E-state index in [0.717, 1.165) is 30.7 Å². The Morgan fingerprint density at radius 1 is 1.17 bits per heavy atom. The molecule has 0 N–H and O–H groups in total. The van der Waals surface area contributed by atoms with Crippen molar-refractivity contribution in [1.29, 1.82) is 0 Å². The van der Waals surface area contributed by atoms with Crippen LogP contribution in [0.4, 0.5) is 0 Å². The van der Waals surface area contributed by atoms with Gasteiger partial charge in [0.25, 0.3) is 5.43 Å². The number of carbonyl (C=O) groups is 1. The van der Waals surface area contributed by atoms with E-state index in [2.05, 4.69) is 5.10 Å². The van der Waals surface area contributed by atoms with Gasteiger partial charge in [-0.1, -0.05) is 38.5 Å². The molecule has 1 aromatic rings. The lowest BCUT2D eigenvalue weighted by Gasteiger charge is -2.21. The number of hydrogen-bond donors (Lipinski definition) is 0. The van der Waals surface area contributed by atoms with Crippen LogP contribution in [0.3, 0.4) is 0 Å². The van der Waals surface area contributed by atoms with Crippen molar-refractivity contribution in [2.45, 2.75) is 57.4 Å². The quantitative estimate of drug-likeness (QED) is 0.790. The summed E-state index contributed by atoms with van der Waals surface area (Å²) in [5.74, 6) is -0.434. The van der Waals surface area contributed by atoms with Crippen LogP contribution in [0.25, 0.3) is 0 Å². The highest BCUT2D eigenvalue weighted by Crippen LogP contribution is 2.25. The summed E-state index contributed by atoms with van der Waals surface area (Å²) >= 11 is 0. The summed E-state index contributed by atoms with van der Waals surface area (Å²) in [6.45, 7) is 0. The van der Waals surface area contributed by atoms with Crippen LogP contribution in [0, 0.1) is 0 Å². The van der Waals surface area contributed by atoms with Gasteiger partial charge in [0.2, 0.25) is 5.69 Å². The molecule has 24 heavy (non-hydrogen) atoms. The zero-order chi connectivity index (χ0) is 17.5. The highest BCUT2D eigenvalue weighted by atomic mass is 16.7. The van der Waals surface area contributed by atoms with Gasteiger partial charge < -0.3 is 4.74 Å². The second kappa shape index (κ2) is 8.82. The minimum Gasteiger partial charge on any atom is -0.491 e. The molecule has 2 rings (SSSR count). The number of hydroxylamine groups is 2. The average molecular weight is 337 g/mol. The monoisotopic (exact) mass is 337 g/mol. The Morgan fingerprint density at radius 3 is 2.29 bits per heavy atom. The Bertz CT molecular complexity index is 604. The third-order valence-electron chi connectivity index (χ3n) is 4.59. The Hall–Kier alpha value is -1.89. The summed E-state index contributed by atoms with van der Waals surface area (Å²) in [5.41, 5.74) is -0.677. The van der Waals surface area contributed by atoms with Gasteiger partial charge in [-0.15, -0.1) is 0 Å². The van der Waals surface area contributed by atoms with Crippen molar-refractivity contribution < 1.29 is 14.4 Å². The minimum atomic E-state index is -0.571. The van der Waals surface area contributed by atoms with E-state index in [-0.39, 0.29) is 17.5 Å². The SMILES string of the molecule is COc1cn(C2CCCCCCCC2)nc(C(=O)N(C)OC)c1=O. The molecule has 0 atom stereocenters. The van der Waals surface area contributed by atoms with Crippen molar-refractivity contribution in [2.75, 3.05) is 21.3 Å². The van der Waals surface area contributed by atoms with E-state index < -0.39 is 11.3 Å². The lowest BCUT2D eigenvalue weighted by molar-refractivity contribution is -0.0763. The maximum Gasteiger partial charge on any atom is 0.301 e. The van der Waals surface area contributed by atoms with Crippen molar-refractivity contribution >= 4 is 5.91 Å². The van der Waals surface area contributed by atoms with Crippen LogP contribution in [0.1, 0.15) is 67.9 Å². The molecule has 1 amide bonds. The first kappa shape index (κ1) is 18.4. The van der Waals surface area contributed by atoms with E-state index in [0.29, 0.717) is 0 Å². The lowest BCUT2D eigenvalue weighted by Crippen LogP contribution is -2.33. The largest absolute Gasteiger partial charge is 0.491 e. The summed E-state index contributed by atoms with van der Waals surface area (Å²) in [4.78, 5) is 29.6. The molecule has 1 aliphatic rings. The lowest BCUT2D eigenvalue weighted by atomic mass is 10.1. The van der Waals surface area contributed by atoms with E-state index in [9.17, 15) is 9.59 Å². The first-order valence-corrected chi connectivity index (χ1v) is 8.58. The maximum atomic E-state index is 12.4. The normalized spacial score (nSPS) is 16.8. The third-order valence-corrected chi connectivity index (χ3v) is 4.59. The summed E-state index contributed by atoms with van der Waals surface area (Å²) in [6.07, 6.45) is 10.8. The Labute approximate surface area is 142 Å². The molecular weight excluding hydrogens is 310 g/mol. The van der Waals surface area contributed by atoms with E-state index in [1.54, 1.807) is 10.9 Å². The number of amides is 1. The molecule has 1 saturated carbocycles. The summed E-state index contributed by atoms with van der Waals surface area (Å²) in [6, 6.07) is 0.178. The Balaban J connectivity index is 2.38. The predicted octanol–water partition coefficient (Wildman–Crippen LogP) is 2.56. The van der Waals surface area contributed by atoms with Crippen LogP contribution >= 0.6 is 0 Å². The van der Waals surface area contributed by atoms with Gasteiger partial charge in [0.1, 0.15) is 0 Å². The summed E-state index contributed by atoms with van der Waals surface area (Å²) in [7, 11) is 4.25. The molecule has 134 valence electrons. The van der Waals surface area contributed by atoms with Gasteiger partial charge in [-0.05, 0) is 12.8 Å². The number of rotatable bonds is 4. The van der Waals surface area contributed by atoms with Gasteiger partial charge in [-0.25, -0.2) is 5.06 Å². The van der Waals surface area contributed by atoms with Crippen LogP contribution in [0.15, 0.2) is 11.0 Å². The summed E-state index contributed by atoms with van der Waals surface area (Å²) in [5, 5.41) is 5.33. The molecule has 1 fully saturated rings. The fraction of sp³-hybridized carbons (Fsp3) is 0.706. The fourth-order valence-corrected chi connectivity index (χ4v) is 3.07. The highest BCUT2D eigenvalue weighted by molar-refractivity contribution is 5.91. The topological polar surface area (TPSA) is 73.7 Å². The molecular formula is C17H27N3O4. The molecule has 0 radical (unpaired) electrons. The number of methoxy groups -OCH3 is 1. The van der Waals surface area contributed by atoms with Crippen molar-refractivity contribution in [3.63, 3.8) is 0 Å². The van der Waals surface area contributed by atoms with Crippen molar-refractivity contribution in [1.82, 2.24) is 14.8 Å². The molecule has 7 nitrogen and oxygen atoms in total. The molecule has 0 aliphatic heterocycles. The van der Waals surface area contributed by atoms with Crippen LogP contribution in [0.5, 0.6) is 5.75 Å². The van der Waals surface area contributed by atoms with E-state index in [4.69, 9.17) is 9.57 Å². The molecule has 0 unspecified atom stereocenters. The molecule has 1 heterocycles. The Morgan fingerprint density at radius 2 is 1.75 bits per heavy atom.